The number of carbonyl (C=O) groups is 1. The lowest BCUT2D eigenvalue weighted by Gasteiger charge is -1.94. The molecule has 0 saturated carbocycles. The number of rotatable bonds is 15. The summed E-state index contributed by atoms with van der Waals surface area (Å²) in [6, 6.07) is 0. The van der Waals surface area contributed by atoms with Crippen molar-refractivity contribution in [2.75, 3.05) is 0 Å². The smallest absolute Gasteiger partial charge is 0.303 e. The third kappa shape index (κ3) is 20.2. The zero-order valence-electron chi connectivity index (χ0n) is 15.2. The summed E-state index contributed by atoms with van der Waals surface area (Å²) in [5, 5.41) is 8.52. The van der Waals surface area contributed by atoms with Crippen LogP contribution >= 0.6 is 0 Å². The molecule has 1 N–H and O–H groups in total. The van der Waals surface area contributed by atoms with Crippen molar-refractivity contribution >= 4 is 5.97 Å². The third-order valence-corrected chi connectivity index (χ3v) is 3.42. The van der Waals surface area contributed by atoms with E-state index in [0.29, 0.717) is 6.42 Å². The normalized spacial score (nSPS) is 12.7. The minimum absolute atomic E-state index is 0.297. The number of allylic oxidation sites excluding steroid dienone is 10. The second-order valence-electron chi connectivity index (χ2n) is 5.70. The van der Waals surface area contributed by atoms with Gasteiger partial charge in [-0.1, -0.05) is 74.1 Å². The van der Waals surface area contributed by atoms with Gasteiger partial charge in [-0.15, -0.1) is 0 Å². The molecule has 0 aromatic heterocycles. The van der Waals surface area contributed by atoms with Crippen molar-refractivity contribution < 1.29 is 9.90 Å². The summed E-state index contributed by atoms with van der Waals surface area (Å²) < 4.78 is 0. The largest absolute Gasteiger partial charge is 0.481 e. The number of hydrogen-bond donors (Lipinski definition) is 1. The highest BCUT2D eigenvalue weighted by Gasteiger charge is 1.94. The van der Waals surface area contributed by atoms with E-state index in [2.05, 4.69) is 67.7 Å². The summed E-state index contributed by atoms with van der Waals surface area (Å²) >= 11 is 0. The van der Waals surface area contributed by atoms with Crippen LogP contribution in [0.2, 0.25) is 0 Å². The summed E-state index contributed by atoms with van der Waals surface area (Å²) in [6.07, 6.45) is 31.3. The molecule has 0 spiro atoms. The Hall–Kier alpha value is -1.83. The van der Waals surface area contributed by atoms with Crippen LogP contribution in [0.5, 0.6) is 0 Å². The van der Waals surface area contributed by atoms with Gasteiger partial charge in [-0.25, -0.2) is 0 Å². The van der Waals surface area contributed by atoms with Crippen molar-refractivity contribution in [1.29, 1.82) is 0 Å². The van der Waals surface area contributed by atoms with Crippen LogP contribution in [0.3, 0.4) is 0 Å². The first-order chi connectivity index (χ1) is 11.8. The maximum absolute atomic E-state index is 10.3. The number of carboxylic acid groups (broad SMARTS) is 1. The first-order valence-corrected chi connectivity index (χ1v) is 9.24. The summed E-state index contributed by atoms with van der Waals surface area (Å²) in [6.45, 7) is 2.15. The molecule has 2 heteroatoms. The van der Waals surface area contributed by atoms with Gasteiger partial charge in [0.05, 0.1) is 0 Å². The van der Waals surface area contributed by atoms with E-state index in [0.717, 1.165) is 57.8 Å². The Bertz CT molecular complexity index is 425. The van der Waals surface area contributed by atoms with E-state index in [-0.39, 0.29) is 0 Å². The quantitative estimate of drug-likeness (QED) is 0.265. The van der Waals surface area contributed by atoms with Crippen LogP contribution in [-0.4, -0.2) is 11.1 Å². The highest BCUT2D eigenvalue weighted by atomic mass is 16.4. The van der Waals surface area contributed by atoms with E-state index in [1.54, 1.807) is 0 Å². The van der Waals surface area contributed by atoms with Crippen LogP contribution in [0.4, 0.5) is 0 Å². The molecule has 0 atom stereocenters. The number of aliphatic carboxylic acids is 1. The maximum atomic E-state index is 10.3. The topological polar surface area (TPSA) is 37.3 Å². The number of unbranched alkanes of at least 4 members (excludes halogenated alkanes) is 3. The monoisotopic (exact) mass is 330 g/mol. The van der Waals surface area contributed by atoms with Crippen LogP contribution in [-0.2, 0) is 4.79 Å². The second kappa shape index (κ2) is 19.2. The van der Waals surface area contributed by atoms with Gasteiger partial charge in [0.15, 0.2) is 0 Å². The molecular weight excluding hydrogens is 296 g/mol. The van der Waals surface area contributed by atoms with E-state index in [9.17, 15) is 4.79 Å². The molecule has 2 nitrogen and oxygen atoms in total. The summed E-state index contributed by atoms with van der Waals surface area (Å²) in [5.74, 6) is -0.690. The summed E-state index contributed by atoms with van der Waals surface area (Å²) in [7, 11) is 0. The van der Waals surface area contributed by atoms with Gasteiger partial charge >= 0.3 is 5.97 Å². The van der Waals surface area contributed by atoms with Crippen molar-refractivity contribution in [3.05, 3.63) is 60.8 Å². The second-order valence-corrected chi connectivity index (χ2v) is 5.70. The SMILES string of the molecule is CC/C=C\C/C=C/C/C=C/C/C=C/C/C=C/CCCCCC(=O)O. The molecule has 0 amide bonds. The van der Waals surface area contributed by atoms with E-state index in [1.807, 2.05) is 0 Å². The molecule has 134 valence electrons. The van der Waals surface area contributed by atoms with Gasteiger partial charge in [-0.2, -0.15) is 0 Å². The van der Waals surface area contributed by atoms with E-state index in [1.165, 1.54) is 0 Å². The van der Waals surface area contributed by atoms with Gasteiger partial charge in [0.1, 0.15) is 0 Å². The lowest BCUT2D eigenvalue weighted by molar-refractivity contribution is -0.137. The zero-order chi connectivity index (χ0) is 17.7. The van der Waals surface area contributed by atoms with Crippen molar-refractivity contribution in [3.8, 4) is 0 Å². The minimum Gasteiger partial charge on any atom is -0.481 e. The van der Waals surface area contributed by atoms with Gasteiger partial charge in [0.2, 0.25) is 0 Å². The first kappa shape index (κ1) is 22.2. The third-order valence-electron chi connectivity index (χ3n) is 3.42. The standard InChI is InChI=1S/C22H34O2/c1-2-3-4-5-6-7-8-9-10-11-12-13-14-15-16-17-18-19-20-21-22(23)24/h3-4,6-7,9-10,12-13,15-16H,2,5,8,11,14,17-21H2,1H3,(H,23,24)/b4-3-,7-6+,10-9+,13-12+,16-15+. The lowest BCUT2D eigenvalue weighted by Crippen LogP contribution is -1.93. The average Bonchev–Trinajstić information content (AvgIpc) is 2.56. The van der Waals surface area contributed by atoms with Crippen LogP contribution in [0.1, 0.15) is 71.1 Å². The van der Waals surface area contributed by atoms with Gasteiger partial charge in [0, 0.05) is 6.42 Å². The molecule has 24 heavy (non-hydrogen) atoms. The minimum atomic E-state index is -0.690. The molecule has 0 fully saturated rings. The van der Waals surface area contributed by atoms with Crippen LogP contribution in [0.15, 0.2) is 60.8 Å². The average molecular weight is 331 g/mol. The van der Waals surface area contributed by atoms with Crippen molar-refractivity contribution in [1.82, 2.24) is 0 Å². The Kier molecular flexibility index (Phi) is 17.8. The first-order valence-electron chi connectivity index (χ1n) is 9.24. The molecule has 0 bridgehead atoms. The fourth-order valence-corrected chi connectivity index (χ4v) is 2.08. The molecule has 0 unspecified atom stereocenters. The molecule has 0 rings (SSSR count). The van der Waals surface area contributed by atoms with Crippen LogP contribution < -0.4 is 0 Å². The highest BCUT2D eigenvalue weighted by Crippen LogP contribution is 2.04. The van der Waals surface area contributed by atoms with E-state index < -0.39 is 5.97 Å². The van der Waals surface area contributed by atoms with Crippen molar-refractivity contribution in [3.63, 3.8) is 0 Å². The maximum Gasteiger partial charge on any atom is 0.303 e. The molecule has 0 aliphatic carbocycles. The Morgan fingerprint density at radius 2 is 1.12 bits per heavy atom. The number of carboxylic acids is 1. The summed E-state index contributed by atoms with van der Waals surface area (Å²) in [5.41, 5.74) is 0. The molecule has 0 aliphatic heterocycles. The lowest BCUT2D eigenvalue weighted by atomic mass is 10.1. The van der Waals surface area contributed by atoms with Crippen LogP contribution in [0.25, 0.3) is 0 Å². The predicted molar refractivity (Wildman–Crippen MR) is 105 cm³/mol. The van der Waals surface area contributed by atoms with Gasteiger partial charge in [-0.3, -0.25) is 4.79 Å². The number of hydrogen-bond acceptors (Lipinski definition) is 1. The van der Waals surface area contributed by atoms with Crippen molar-refractivity contribution in [2.24, 2.45) is 0 Å². The Morgan fingerprint density at radius 1 is 0.667 bits per heavy atom. The molecule has 0 heterocycles. The Balaban J connectivity index is 3.42. The molecule has 0 aliphatic rings. The fourth-order valence-electron chi connectivity index (χ4n) is 2.08. The Morgan fingerprint density at radius 3 is 1.58 bits per heavy atom. The van der Waals surface area contributed by atoms with E-state index >= 15 is 0 Å². The molecule has 0 saturated heterocycles. The molecular formula is C22H34O2. The molecule has 0 aromatic rings. The van der Waals surface area contributed by atoms with Crippen LogP contribution in [0, 0.1) is 0 Å². The highest BCUT2D eigenvalue weighted by molar-refractivity contribution is 5.66. The van der Waals surface area contributed by atoms with Gasteiger partial charge in [-0.05, 0) is 51.4 Å². The zero-order valence-corrected chi connectivity index (χ0v) is 15.2. The van der Waals surface area contributed by atoms with Gasteiger partial charge in [0.25, 0.3) is 0 Å². The van der Waals surface area contributed by atoms with Crippen molar-refractivity contribution in [2.45, 2.75) is 71.1 Å². The fraction of sp³-hybridized carbons (Fsp3) is 0.500. The Labute approximate surface area is 148 Å². The van der Waals surface area contributed by atoms with Gasteiger partial charge < -0.3 is 5.11 Å². The molecule has 0 aromatic carbocycles. The van der Waals surface area contributed by atoms with E-state index in [4.69, 9.17) is 5.11 Å². The predicted octanol–water partition coefficient (Wildman–Crippen LogP) is 6.77. The summed E-state index contributed by atoms with van der Waals surface area (Å²) in [4.78, 5) is 10.3. The molecule has 0 radical (unpaired) electrons.